The minimum atomic E-state index is -4.95. The quantitative estimate of drug-likeness (QED) is 0.0222. The highest BCUT2D eigenvalue weighted by molar-refractivity contribution is 7.47. The van der Waals surface area contributed by atoms with E-state index in [1.54, 1.807) is 0 Å². The standard InChI is InChI=1S/C76H148O17P2/c1-6-9-12-15-17-19-21-23-25-27-29-31-33-35-37-39-41-43-45-51-56-61-75(80)92-72(66-87-74(79)60-55-50-44-42-40-38-36-34-32-30-28-26-24-22-20-18-16-13-10-7-2)68-91-95(84,85)89-64-70(77)63-88-94(82,83)90-67-71(65-86-73(78)59-54-48-14-11-8-3)93-76(81)62-57-52-47-46-49-53-58-69(4)5/h69-72,77H,6-68H2,1-5H3,(H,82,83)(H,84,85)/t70-,71+,72+/m0/s1. The van der Waals surface area contributed by atoms with E-state index >= 15 is 0 Å². The molecule has 0 aromatic carbocycles. The van der Waals surface area contributed by atoms with Crippen LogP contribution in [0.1, 0.15) is 401 Å². The Bertz CT molecular complexity index is 1820. The number of ether oxygens (including phenoxy) is 4. The number of hydrogen-bond acceptors (Lipinski definition) is 15. The minimum absolute atomic E-state index is 0.102. The second-order valence-electron chi connectivity index (χ2n) is 27.9. The van der Waals surface area contributed by atoms with Crippen LogP contribution in [0.2, 0.25) is 0 Å². The first kappa shape index (κ1) is 93.1. The van der Waals surface area contributed by atoms with E-state index in [0.717, 1.165) is 96.3 Å². The summed E-state index contributed by atoms with van der Waals surface area (Å²) >= 11 is 0. The molecule has 0 aromatic rings. The van der Waals surface area contributed by atoms with Gasteiger partial charge in [-0.2, -0.15) is 0 Å². The van der Waals surface area contributed by atoms with Crippen LogP contribution in [0.3, 0.4) is 0 Å². The number of hydrogen-bond donors (Lipinski definition) is 3. The SMILES string of the molecule is CCCCCCCCCCCCCCCCCCCCCCCC(=O)O[C@H](COC(=O)CCCCCCCCCCCCCCCCCCCCCC)COP(=O)(O)OC[C@@H](O)COP(=O)(O)OC[C@@H](COC(=O)CCCCCCC)OC(=O)CCCCCCCCC(C)C. The first-order valence-corrected chi connectivity index (χ1v) is 42.6. The molecule has 0 aliphatic carbocycles. The number of rotatable bonds is 76. The summed E-state index contributed by atoms with van der Waals surface area (Å²) in [5.74, 6) is -1.46. The molecule has 0 aromatic heterocycles. The molecule has 0 aliphatic rings. The molecule has 0 fully saturated rings. The molecule has 0 aliphatic heterocycles. The van der Waals surface area contributed by atoms with Gasteiger partial charge in [-0.3, -0.25) is 37.3 Å². The Hall–Kier alpha value is -1.94. The predicted molar refractivity (Wildman–Crippen MR) is 386 cm³/mol. The van der Waals surface area contributed by atoms with Crippen LogP contribution in [0.15, 0.2) is 0 Å². The van der Waals surface area contributed by atoms with Gasteiger partial charge >= 0.3 is 39.5 Å². The summed E-state index contributed by atoms with van der Waals surface area (Å²) in [6.07, 6.45) is 59.2. The van der Waals surface area contributed by atoms with Crippen molar-refractivity contribution < 1.29 is 80.2 Å². The predicted octanol–water partition coefficient (Wildman–Crippen LogP) is 22.5. The van der Waals surface area contributed by atoms with Gasteiger partial charge in [0.25, 0.3) is 0 Å². The lowest BCUT2D eigenvalue weighted by molar-refractivity contribution is -0.161. The van der Waals surface area contributed by atoms with Gasteiger partial charge in [0.15, 0.2) is 12.2 Å². The van der Waals surface area contributed by atoms with Crippen molar-refractivity contribution in [1.82, 2.24) is 0 Å². The molecule has 0 saturated carbocycles. The Kier molecular flexibility index (Phi) is 67.7. The number of aliphatic hydroxyl groups excluding tert-OH is 1. The molecule has 0 bridgehead atoms. The van der Waals surface area contributed by atoms with Crippen LogP contribution in [0.25, 0.3) is 0 Å². The number of phosphoric ester groups is 2. The highest BCUT2D eigenvalue weighted by Gasteiger charge is 2.30. The van der Waals surface area contributed by atoms with Gasteiger partial charge in [-0.05, 0) is 31.6 Å². The highest BCUT2D eigenvalue weighted by Crippen LogP contribution is 2.45. The van der Waals surface area contributed by atoms with Crippen LogP contribution in [0.5, 0.6) is 0 Å². The maximum atomic E-state index is 13.1. The van der Waals surface area contributed by atoms with Crippen molar-refractivity contribution in [1.29, 1.82) is 0 Å². The Morgan fingerprint density at radius 2 is 0.484 bits per heavy atom. The van der Waals surface area contributed by atoms with Crippen molar-refractivity contribution >= 4 is 39.5 Å². The van der Waals surface area contributed by atoms with E-state index in [4.69, 9.17) is 37.0 Å². The maximum absolute atomic E-state index is 13.1. The summed E-state index contributed by atoms with van der Waals surface area (Å²) in [5, 5.41) is 10.6. The van der Waals surface area contributed by atoms with Crippen LogP contribution in [0, 0.1) is 5.92 Å². The zero-order valence-corrected chi connectivity index (χ0v) is 63.6. The van der Waals surface area contributed by atoms with Crippen molar-refractivity contribution in [3.63, 3.8) is 0 Å². The number of esters is 4. The van der Waals surface area contributed by atoms with Crippen molar-refractivity contribution in [2.75, 3.05) is 39.6 Å². The van der Waals surface area contributed by atoms with E-state index in [-0.39, 0.29) is 25.7 Å². The lowest BCUT2D eigenvalue weighted by atomic mass is 10.0. The molecule has 5 atom stereocenters. The number of aliphatic hydroxyl groups is 1. The number of carbonyl (C=O) groups excluding carboxylic acids is 4. The summed E-state index contributed by atoms with van der Waals surface area (Å²) in [7, 11) is -9.90. The van der Waals surface area contributed by atoms with E-state index in [2.05, 4.69) is 34.6 Å². The molecule has 0 heterocycles. The number of unbranched alkanes of at least 4 members (excludes halogenated alkanes) is 48. The van der Waals surface area contributed by atoms with Gasteiger partial charge in [-0.15, -0.1) is 0 Å². The third-order valence-electron chi connectivity index (χ3n) is 17.8. The average Bonchev–Trinajstić information content (AvgIpc) is 2.71. The molecule has 2 unspecified atom stereocenters. The molecular weight excluding hydrogens is 1250 g/mol. The first-order chi connectivity index (χ1) is 46.0. The third-order valence-corrected chi connectivity index (χ3v) is 19.7. The summed E-state index contributed by atoms with van der Waals surface area (Å²) in [6.45, 7) is 7.09. The van der Waals surface area contributed by atoms with E-state index in [0.29, 0.717) is 31.6 Å². The largest absolute Gasteiger partial charge is 0.472 e. The monoisotopic (exact) mass is 1400 g/mol. The molecule has 564 valence electrons. The summed E-state index contributed by atoms with van der Waals surface area (Å²) in [5.41, 5.74) is 0. The number of phosphoric acid groups is 2. The molecule has 0 spiro atoms. The topological polar surface area (TPSA) is 237 Å². The van der Waals surface area contributed by atoms with E-state index in [1.165, 1.54) is 218 Å². The second-order valence-corrected chi connectivity index (χ2v) is 30.8. The number of carbonyl (C=O) groups is 4. The minimum Gasteiger partial charge on any atom is -0.462 e. The highest BCUT2D eigenvalue weighted by atomic mass is 31.2. The van der Waals surface area contributed by atoms with Crippen LogP contribution in [0.4, 0.5) is 0 Å². The fourth-order valence-electron chi connectivity index (χ4n) is 11.7. The molecule has 0 rings (SSSR count). The summed E-state index contributed by atoms with van der Waals surface area (Å²) in [4.78, 5) is 72.4. The van der Waals surface area contributed by atoms with Gasteiger partial charge in [0.05, 0.1) is 26.4 Å². The first-order valence-electron chi connectivity index (χ1n) is 39.6. The van der Waals surface area contributed by atoms with Gasteiger partial charge in [0.2, 0.25) is 0 Å². The molecule has 3 N–H and O–H groups in total. The van der Waals surface area contributed by atoms with Gasteiger partial charge < -0.3 is 33.8 Å². The van der Waals surface area contributed by atoms with Crippen molar-refractivity contribution in [3.05, 3.63) is 0 Å². The molecule has 19 heteroatoms. The molecule has 17 nitrogen and oxygen atoms in total. The second kappa shape index (κ2) is 69.2. The van der Waals surface area contributed by atoms with E-state index in [9.17, 15) is 43.2 Å². The fraction of sp³-hybridized carbons (Fsp3) is 0.947. The van der Waals surface area contributed by atoms with Gasteiger partial charge in [-0.25, -0.2) is 9.13 Å². The molecule has 95 heavy (non-hydrogen) atoms. The zero-order chi connectivity index (χ0) is 69.8. The molecular formula is C76H148O17P2. The Morgan fingerprint density at radius 1 is 0.284 bits per heavy atom. The van der Waals surface area contributed by atoms with Gasteiger partial charge in [0.1, 0.15) is 19.3 Å². The maximum Gasteiger partial charge on any atom is 0.472 e. The molecule has 0 saturated heterocycles. The zero-order valence-electron chi connectivity index (χ0n) is 61.8. The Balaban J connectivity index is 5.08. The van der Waals surface area contributed by atoms with Crippen molar-refractivity contribution in [2.45, 2.75) is 419 Å². The Labute approximate surface area is 581 Å². The van der Waals surface area contributed by atoms with Gasteiger partial charge in [0, 0.05) is 25.7 Å². The third kappa shape index (κ3) is 70.3. The molecule has 0 amide bonds. The lowest BCUT2D eigenvalue weighted by Crippen LogP contribution is -2.30. The lowest BCUT2D eigenvalue weighted by Gasteiger charge is -2.21. The Morgan fingerprint density at radius 3 is 0.716 bits per heavy atom. The van der Waals surface area contributed by atoms with E-state index < -0.39 is 97.5 Å². The van der Waals surface area contributed by atoms with Crippen LogP contribution < -0.4 is 0 Å². The van der Waals surface area contributed by atoms with Crippen LogP contribution in [-0.4, -0.2) is 96.7 Å². The van der Waals surface area contributed by atoms with Crippen LogP contribution >= 0.6 is 15.6 Å². The average molecular weight is 1400 g/mol. The van der Waals surface area contributed by atoms with Crippen molar-refractivity contribution in [2.24, 2.45) is 5.92 Å². The smallest absolute Gasteiger partial charge is 0.462 e. The molecule has 0 radical (unpaired) electrons. The van der Waals surface area contributed by atoms with Crippen molar-refractivity contribution in [3.8, 4) is 0 Å². The van der Waals surface area contributed by atoms with Crippen LogP contribution in [-0.2, 0) is 65.4 Å². The summed E-state index contributed by atoms with van der Waals surface area (Å²) < 4.78 is 68.2. The normalized spacial score (nSPS) is 13.9. The van der Waals surface area contributed by atoms with Gasteiger partial charge in [-0.1, -0.05) is 349 Å². The van der Waals surface area contributed by atoms with E-state index in [1.807, 2.05) is 0 Å². The summed E-state index contributed by atoms with van der Waals surface area (Å²) in [6, 6.07) is 0. The fourth-order valence-corrected chi connectivity index (χ4v) is 13.3.